The van der Waals surface area contributed by atoms with E-state index >= 15 is 0 Å². The van der Waals surface area contributed by atoms with Crippen LogP contribution in [0.15, 0.2) is 4.99 Å². The average Bonchev–Trinajstić information content (AvgIpc) is 1.98. The number of nitrogens with two attached hydrogens (primary N) is 1. The lowest BCUT2D eigenvalue weighted by molar-refractivity contribution is 0.860. The van der Waals surface area contributed by atoms with Crippen LogP contribution in [-0.2, 0) is 0 Å². The molecular formula is C7H17N3. The largest absolute Gasteiger partial charge is 0.312 e. The van der Waals surface area contributed by atoms with E-state index in [4.69, 9.17) is 5.84 Å². The molecule has 0 unspecified atom stereocenters. The molecule has 0 bridgehead atoms. The summed E-state index contributed by atoms with van der Waals surface area (Å²) in [5, 5.41) is 0. The van der Waals surface area contributed by atoms with Gasteiger partial charge in [0.2, 0.25) is 0 Å². The van der Waals surface area contributed by atoms with Gasteiger partial charge in [0, 0.05) is 13.0 Å². The van der Waals surface area contributed by atoms with Crippen molar-refractivity contribution in [3.8, 4) is 0 Å². The minimum atomic E-state index is 0.875. The maximum atomic E-state index is 5.22. The van der Waals surface area contributed by atoms with Gasteiger partial charge in [-0.15, -0.1) is 0 Å². The van der Waals surface area contributed by atoms with Crippen LogP contribution in [0.4, 0.5) is 0 Å². The van der Waals surface area contributed by atoms with Crippen molar-refractivity contribution in [3.63, 3.8) is 0 Å². The highest BCUT2D eigenvalue weighted by Gasteiger charge is 1.90. The van der Waals surface area contributed by atoms with Gasteiger partial charge in [-0.05, 0) is 12.8 Å². The minimum absolute atomic E-state index is 0.875. The van der Waals surface area contributed by atoms with Gasteiger partial charge in [0.1, 0.15) is 5.84 Å². The Morgan fingerprint density at radius 3 is 2.50 bits per heavy atom. The van der Waals surface area contributed by atoms with Gasteiger partial charge in [0.25, 0.3) is 0 Å². The van der Waals surface area contributed by atoms with Gasteiger partial charge in [-0.3, -0.25) is 4.99 Å². The topological polar surface area (TPSA) is 50.4 Å². The zero-order valence-electron chi connectivity index (χ0n) is 6.85. The van der Waals surface area contributed by atoms with Crippen molar-refractivity contribution in [3.05, 3.63) is 0 Å². The van der Waals surface area contributed by atoms with Crippen LogP contribution < -0.4 is 11.3 Å². The standard InChI is InChI=1S/C7H17N3/c1-3-5-7(10-8)9-6-4-2/h3-6,8H2,1-2H3,(H,9,10). The molecule has 0 radical (unpaired) electrons. The molecule has 0 rings (SSSR count). The molecule has 0 atom stereocenters. The Morgan fingerprint density at radius 2 is 2.10 bits per heavy atom. The van der Waals surface area contributed by atoms with E-state index in [0.717, 1.165) is 31.6 Å². The summed E-state index contributed by atoms with van der Waals surface area (Å²) in [5.74, 6) is 6.14. The van der Waals surface area contributed by atoms with Gasteiger partial charge in [0.05, 0.1) is 0 Å². The van der Waals surface area contributed by atoms with Crippen molar-refractivity contribution in [2.75, 3.05) is 6.54 Å². The highest BCUT2D eigenvalue weighted by atomic mass is 15.2. The normalized spacial score (nSPS) is 11.7. The summed E-state index contributed by atoms with van der Waals surface area (Å²) < 4.78 is 0. The summed E-state index contributed by atoms with van der Waals surface area (Å²) in [4.78, 5) is 4.23. The first-order valence-electron chi connectivity index (χ1n) is 3.85. The molecule has 0 spiro atoms. The first-order chi connectivity index (χ1) is 4.85. The van der Waals surface area contributed by atoms with E-state index in [1.54, 1.807) is 0 Å². The number of hydrogen-bond donors (Lipinski definition) is 2. The molecule has 0 heterocycles. The van der Waals surface area contributed by atoms with E-state index in [-0.39, 0.29) is 0 Å². The molecule has 3 nitrogen and oxygen atoms in total. The Labute approximate surface area is 62.7 Å². The smallest absolute Gasteiger partial charge is 0.110 e. The third-order valence-electron chi connectivity index (χ3n) is 1.18. The molecular weight excluding hydrogens is 126 g/mol. The predicted octanol–water partition coefficient (Wildman–Crippen LogP) is 1.06. The molecule has 0 fully saturated rings. The minimum Gasteiger partial charge on any atom is -0.312 e. The maximum Gasteiger partial charge on any atom is 0.110 e. The lowest BCUT2D eigenvalue weighted by atomic mass is 10.3. The lowest BCUT2D eigenvalue weighted by Crippen LogP contribution is -2.30. The Bertz CT molecular complexity index is 99.0. The third-order valence-corrected chi connectivity index (χ3v) is 1.18. The van der Waals surface area contributed by atoms with Crippen LogP contribution in [0.2, 0.25) is 0 Å². The van der Waals surface area contributed by atoms with Crippen LogP contribution in [-0.4, -0.2) is 12.4 Å². The fourth-order valence-electron chi connectivity index (χ4n) is 0.680. The molecule has 3 heteroatoms. The molecule has 0 aliphatic rings. The van der Waals surface area contributed by atoms with Gasteiger partial charge < -0.3 is 5.43 Å². The Kier molecular flexibility index (Phi) is 6.18. The van der Waals surface area contributed by atoms with Crippen LogP contribution in [0.3, 0.4) is 0 Å². The van der Waals surface area contributed by atoms with Crippen molar-refractivity contribution in [1.29, 1.82) is 0 Å². The maximum absolute atomic E-state index is 5.22. The summed E-state index contributed by atoms with van der Waals surface area (Å²) in [5.41, 5.74) is 2.59. The predicted molar refractivity (Wildman–Crippen MR) is 44.8 cm³/mol. The zero-order chi connectivity index (χ0) is 7.82. The molecule has 0 aliphatic heterocycles. The Hall–Kier alpha value is -0.570. The molecule has 0 aromatic heterocycles. The zero-order valence-corrected chi connectivity index (χ0v) is 6.85. The van der Waals surface area contributed by atoms with Crippen molar-refractivity contribution in [2.45, 2.75) is 33.1 Å². The quantitative estimate of drug-likeness (QED) is 0.267. The summed E-state index contributed by atoms with van der Waals surface area (Å²) in [6.45, 7) is 5.09. The molecule has 60 valence electrons. The molecule has 3 N–H and O–H groups in total. The summed E-state index contributed by atoms with van der Waals surface area (Å²) in [6.07, 6.45) is 3.12. The Balaban J connectivity index is 3.55. The monoisotopic (exact) mass is 143 g/mol. The first-order valence-corrected chi connectivity index (χ1v) is 3.85. The van der Waals surface area contributed by atoms with E-state index in [1.165, 1.54) is 0 Å². The molecule has 0 aliphatic carbocycles. The number of nitrogens with one attached hydrogen (secondary N) is 1. The molecule has 0 aromatic carbocycles. The third kappa shape index (κ3) is 4.32. The summed E-state index contributed by atoms with van der Waals surface area (Å²) >= 11 is 0. The summed E-state index contributed by atoms with van der Waals surface area (Å²) in [6, 6.07) is 0. The number of rotatable bonds is 4. The van der Waals surface area contributed by atoms with E-state index in [9.17, 15) is 0 Å². The second kappa shape index (κ2) is 6.55. The number of hydrazine groups is 1. The number of nitrogens with zero attached hydrogens (tertiary/aromatic N) is 1. The van der Waals surface area contributed by atoms with Gasteiger partial charge in [-0.1, -0.05) is 13.8 Å². The number of hydrogen-bond acceptors (Lipinski definition) is 2. The van der Waals surface area contributed by atoms with Crippen LogP contribution in [0.25, 0.3) is 0 Å². The van der Waals surface area contributed by atoms with Gasteiger partial charge in [-0.2, -0.15) is 0 Å². The van der Waals surface area contributed by atoms with E-state index in [0.29, 0.717) is 0 Å². The van der Waals surface area contributed by atoms with Gasteiger partial charge >= 0.3 is 0 Å². The molecule has 0 amide bonds. The van der Waals surface area contributed by atoms with Crippen molar-refractivity contribution < 1.29 is 0 Å². The van der Waals surface area contributed by atoms with Crippen molar-refractivity contribution in [2.24, 2.45) is 10.8 Å². The molecule has 0 saturated carbocycles. The highest BCUT2D eigenvalue weighted by Crippen LogP contribution is 1.89. The van der Waals surface area contributed by atoms with Crippen LogP contribution >= 0.6 is 0 Å². The molecule has 0 saturated heterocycles. The fraction of sp³-hybridized carbons (Fsp3) is 0.857. The lowest BCUT2D eigenvalue weighted by Gasteiger charge is -2.01. The van der Waals surface area contributed by atoms with Gasteiger partial charge in [-0.25, -0.2) is 5.84 Å². The second-order valence-corrected chi connectivity index (χ2v) is 2.22. The van der Waals surface area contributed by atoms with Crippen LogP contribution in [0, 0.1) is 0 Å². The van der Waals surface area contributed by atoms with Crippen LogP contribution in [0.5, 0.6) is 0 Å². The van der Waals surface area contributed by atoms with Gasteiger partial charge in [0.15, 0.2) is 0 Å². The molecule has 10 heavy (non-hydrogen) atoms. The fourth-order valence-corrected chi connectivity index (χ4v) is 0.680. The van der Waals surface area contributed by atoms with Crippen LogP contribution in [0.1, 0.15) is 33.1 Å². The van der Waals surface area contributed by atoms with E-state index in [1.807, 2.05) is 0 Å². The SMILES string of the molecule is CCCN=C(CCC)NN. The molecule has 0 aromatic rings. The summed E-state index contributed by atoms with van der Waals surface area (Å²) in [7, 11) is 0. The number of aliphatic imine (C=N–C) groups is 1. The highest BCUT2D eigenvalue weighted by molar-refractivity contribution is 5.81. The Morgan fingerprint density at radius 1 is 1.40 bits per heavy atom. The first kappa shape index (κ1) is 9.43. The van der Waals surface area contributed by atoms with E-state index < -0.39 is 0 Å². The van der Waals surface area contributed by atoms with E-state index in [2.05, 4.69) is 24.3 Å². The second-order valence-electron chi connectivity index (χ2n) is 2.22. The number of amidine groups is 1. The van der Waals surface area contributed by atoms with Crippen molar-refractivity contribution in [1.82, 2.24) is 5.43 Å². The van der Waals surface area contributed by atoms with Crippen molar-refractivity contribution >= 4 is 5.84 Å². The average molecular weight is 143 g/mol.